The van der Waals surface area contributed by atoms with Crippen LogP contribution in [0.4, 0.5) is 0 Å². The van der Waals surface area contributed by atoms with E-state index in [1.54, 1.807) is 0 Å². The van der Waals surface area contributed by atoms with Gasteiger partial charge in [0.05, 0.1) is 18.3 Å². The SMILES string of the molecule is CC1(C)CC[C@@]23CC[C@@]4(C)[C@@]5(C)CC[C@H]6C(C)(C)[C@@H](O)CC[C@@]6(C)[C@H]5C=C[C@]4(OC2)[C@@H]3C1. The Labute approximate surface area is 197 Å². The molecule has 0 unspecified atom stereocenters. The van der Waals surface area contributed by atoms with E-state index in [-0.39, 0.29) is 33.4 Å². The van der Waals surface area contributed by atoms with Gasteiger partial charge in [-0.2, -0.15) is 0 Å². The highest BCUT2D eigenvalue weighted by molar-refractivity contribution is 5.34. The third-order valence-electron chi connectivity index (χ3n) is 13.6. The molecule has 0 amide bonds. The first kappa shape index (κ1) is 22.1. The van der Waals surface area contributed by atoms with Crippen molar-refractivity contribution in [3.63, 3.8) is 0 Å². The number of hydrogen-bond donors (Lipinski definition) is 1. The van der Waals surface area contributed by atoms with Gasteiger partial charge in [0.1, 0.15) is 0 Å². The monoisotopic (exact) mass is 440 g/mol. The number of hydrogen-bond acceptors (Lipinski definition) is 2. The first-order chi connectivity index (χ1) is 14.8. The molecule has 0 aromatic carbocycles. The Balaban J connectivity index is 1.48. The second-order valence-corrected chi connectivity index (χ2v) is 15.4. The van der Waals surface area contributed by atoms with E-state index in [1.165, 1.54) is 44.9 Å². The summed E-state index contributed by atoms with van der Waals surface area (Å²) in [6.07, 6.45) is 16.6. The fourth-order valence-electron chi connectivity index (χ4n) is 11.2. The molecule has 1 N–H and O–H groups in total. The number of allylic oxidation sites excluding steroid dienone is 1. The predicted molar refractivity (Wildman–Crippen MR) is 130 cm³/mol. The summed E-state index contributed by atoms with van der Waals surface area (Å²) in [5, 5.41) is 10.9. The maximum Gasteiger partial charge on any atom is 0.0955 e. The molecule has 1 aliphatic heterocycles. The van der Waals surface area contributed by atoms with Crippen LogP contribution in [0.1, 0.15) is 106 Å². The van der Waals surface area contributed by atoms with Gasteiger partial charge in [-0.15, -0.1) is 0 Å². The molecule has 2 heteroatoms. The number of rotatable bonds is 0. The van der Waals surface area contributed by atoms with Crippen LogP contribution in [0.25, 0.3) is 0 Å². The van der Waals surface area contributed by atoms with Gasteiger partial charge < -0.3 is 9.84 Å². The van der Waals surface area contributed by atoms with Crippen LogP contribution in [0.15, 0.2) is 12.2 Å². The third-order valence-corrected chi connectivity index (χ3v) is 13.6. The molecule has 9 atom stereocenters. The number of aliphatic hydroxyl groups is 1. The molecule has 32 heavy (non-hydrogen) atoms. The van der Waals surface area contributed by atoms with Crippen LogP contribution >= 0.6 is 0 Å². The van der Waals surface area contributed by atoms with E-state index in [0.29, 0.717) is 28.6 Å². The number of aliphatic hydroxyl groups excluding tert-OH is 1. The quantitative estimate of drug-likeness (QED) is 0.405. The fourth-order valence-corrected chi connectivity index (χ4v) is 11.2. The van der Waals surface area contributed by atoms with Crippen LogP contribution in [-0.4, -0.2) is 23.4 Å². The van der Waals surface area contributed by atoms with E-state index in [2.05, 4.69) is 60.6 Å². The summed E-state index contributed by atoms with van der Waals surface area (Å²) in [5.41, 5.74) is 1.55. The molecular weight excluding hydrogens is 392 g/mol. The minimum absolute atomic E-state index is 0.0111. The largest absolute Gasteiger partial charge is 0.393 e. The van der Waals surface area contributed by atoms with Crippen LogP contribution in [-0.2, 0) is 4.74 Å². The van der Waals surface area contributed by atoms with Gasteiger partial charge in [-0.05, 0) is 96.7 Å². The van der Waals surface area contributed by atoms with Crippen molar-refractivity contribution in [2.75, 3.05) is 6.61 Å². The summed E-state index contributed by atoms with van der Waals surface area (Å²) in [5.74, 6) is 1.87. The zero-order valence-electron chi connectivity index (χ0n) is 21.9. The maximum atomic E-state index is 10.9. The molecule has 6 aliphatic rings. The summed E-state index contributed by atoms with van der Waals surface area (Å²) in [7, 11) is 0. The second kappa shape index (κ2) is 6.07. The van der Waals surface area contributed by atoms with Crippen molar-refractivity contribution in [2.45, 2.75) is 118 Å². The summed E-state index contributed by atoms with van der Waals surface area (Å²) < 4.78 is 7.12. The van der Waals surface area contributed by atoms with Gasteiger partial charge in [-0.3, -0.25) is 0 Å². The van der Waals surface area contributed by atoms with E-state index >= 15 is 0 Å². The lowest BCUT2D eigenvalue weighted by molar-refractivity contribution is -0.242. The first-order valence-electron chi connectivity index (χ1n) is 13.8. The lowest BCUT2D eigenvalue weighted by Gasteiger charge is -2.72. The van der Waals surface area contributed by atoms with Gasteiger partial charge in [0.2, 0.25) is 0 Å². The van der Waals surface area contributed by atoms with Crippen molar-refractivity contribution in [3.8, 4) is 0 Å². The summed E-state index contributed by atoms with van der Waals surface area (Å²) in [4.78, 5) is 0. The topological polar surface area (TPSA) is 29.5 Å². The molecule has 1 heterocycles. The molecule has 4 saturated carbocycles. The molecule has 6 rings (SSSR count). The highest BCUT2D eigenvalue weighted by Gasteiger charge is 2.76. The van der Waals surface area contributed by atoms with Gasteiger partial charge in [0, 0.05) is 11.3 Å². The summed E-state index contributed by atoms with van der Waals surface area (Å²) in [6, 6.07) is 0. The first-order valence-corrected chi connectivity index (χ1v) is 13.8. The Morgan fingerprint density at radius 2 is 1.53 bits per heavy atom. The molecule has 1 spiro atoms. The number of fused-ring (bicyclic) bond motifs is 4. The molecule has 5 fully saturated rings. The van der Waals surface area contributed by atoms with E-state index in [0.717, 1.165) is 19.4 Å². The van der Waals surface area contributed by atoms with Gasteiger partial charge in [-0.25, -0.2) is 0 Å². The van der Waals surface area contributed by atoms with Crippen LogP contribution in [0.3, 0.4) is 0 Å². The Kier molecular flexibility index (Phi) is 4.20. The van der Waals surface area contributed by atoms with Crippen molar-refractivity contribution >= 4 is 0 Å². The van der Waals surface area contributed by atoms with Gasteiger partial charge in [0.15, 0.2) is 0 Å². The third kappa shape index (κ3) is 2.27. The van der Waals surface area contributed by atoms with E-state index in [9.17, 15) is 5.11 Å². The van der Waals surface area contributed by atoms with E-state index in [1.807, 2.05) is 0 Å². The van der Waals surface area contributed by atoms with Crippen LogP contribution < -0.4 is 0 Å². The van der Waals surface area contributed by atoms with Gasteiger partial charge in [0.25, 0.3) is 0 Å². The van der Waals surface area contributed by atoms with Crippen molar-refractivity contribution in [1.29, 1.82) is 0 Å². The van der Waals surface area contributed by atoms with E-state index < -0.39 is 0 Å². The lowest BCUT2D eigenvalue weighted by Crippen LogP contribution is -2.70. The average Bonchev–Trinajstić information content (AvgIpc) is 2.94. The van der Waals surface area contributed by atoms with Gasteiger partial charge in [-0.1, -0.05) is 60.6 Å². The molecule has 180 valence electrons. The zero-order valence-corrected chi connectivity index (χ0v) is 21.9. The van der Waals surface area contributed by atoms with Crippen molar-refractivity contribution in [1.82, 2.24) is 0 Å². The molecule has 2 bridgehead atoms. The highest BCUT2D eigenvalue weighted by atomic mass is 16.5. The second-order valence-electron chi connectivity index (χ2n) is 15.4. The molecule has 5 aliphatic carbocycles. The van der Waals surface area contributed by atoms with Crippen LogP contribution in [0, 0.1) is 50.2 Å². The van der Waals surface area contributed by atoms with E-state index in [4.69, 9.17) is 4.74 Å². The Bertz CT molecular complexity index is 857. The van der Waals surface area contributed by atoms with Crippen molar-refractivity contribution in [3.05, 3.63) is 12.2 Å². The predicted octanol–water partition coefficient (Wildman–Crippen LogP) is 7.16. The fraction of sp³-hybridized carbons (Fsp3) is 0.933. The van der Waals surface area contributed by atoms with Gasteiger partial charge >= 0.3 is 0 Å². The van der Waals surface area contributed by atoms with Crippen LogP contribution in [0.2, 0.25) is 0 Å². The lowest BCUT2D eigenvalue weighted by atomic mass is 9.32. The Hall–Kier alpha value is -0.340. The maximum absolute atomic E-state index is 10.9. The average molecular weight is 441 g/mol. The summed E-state index contributed by atoms with van der Waals surface area (Å²) >= 11 is 0. The smallest absolute Gasteiger partial charge is 0.0955 e. The Morgan fingerprint density at radius 3 is 2.28 bits per heavy atom. The normalized spacial score (nSPS) is 59.5. The minimum Gasteiger partial charge on any atom is -0.393 e. The molecule has 0 aromatic rings. The summed E-state index contributed by atoms with van der Waals surface area (Å²) in [6.45, 7) is 18.6. The van der Waals surface area contributed by atoms with Crippen LogP contribution in [0.5, 0.6) is 0 Å². The number of ether oxygens (including phenoxy) is 1. The highest BCUT2D eigenvalue weighted by Crippen LogP contribution is 2.79. The van der Waals surface area contributed by atoms with Crippen molar-refractivity contribution in [2.24, 2.45) is 50.2 Å². The molecular formula is C30H48O2. The molecule has 2 nitrogen and oxygen atoms in total. The molecule has 1 saturated heterocycles. The Morgan fingerprint density at radius 1 is 0.812 bits per heavy atom. The standard InChI is InChI=1S/C30H48O2/c1-24(2)14-16-29-17-15-28(7)27(6)12-8-20-25(3,4)23(31)10-11-26(20,5)21(27)9-13-30(28,32-19-29)22(29)18-24/h9,13,20-23,31H,8,10-12,14-19H2,1-7H3/t20-,21+,22+,23-,26+,27-,28-,29+,30-/m0/s1. The van der Waals surface area contributed by atoms with Crippen molar-refractivity contribution < 1.29 is 9.84 Å². The minimum atomic E-state index is -0.155. The molecule has 0 radical (unpaired) electrons. The zero-order chi connectivity index (χ0) is 23.0. The molecule has 0 aromatic heterocycles.